The molecule has 2 nitrogen and oxygen atoms in total. The van der Waals surface area contributed by atoms with E-state index in [1.807, 2.05) is 0 Å². The molecular formula is C14H11BrClF3N2. The molecule has 0 spiro atoms. The van der Waals surface area contributed by atoms with Crippen molar-refractivity contribution in [2.24, 2.45) is 5.84 Å². The summed E-state index contributed by atoms with van der Waals surface area (Å²) in [6.07, 6.45) is -4.36. The van der Waals surface area contributed by atoms with Crippen LogP contribution in [0, 0.1) is 0 Å². The molecule has 3 N–H and O–H groups in total. The topological polar surface area (TPSA) is 38.0 Å². The first-order valence-electron chi connectivity index (χ1n) is 5.90. The smallest absolute Gasteiger partial charge is 0.271 e. The molecule has 0 aromatic heterocycles. The zero-order valence-corrected chi connectivity index (χ0v) is 12.9. The van der Waals surface area contributed by atoms with Gasteiger partial charge in [0.15, 0.2) is 0 Å². The Morgan fingerprint density at radius 3 is 2.14 bits per heavy atom. The van der Waals surface area contributed by atoms with Gasteiger partial charge in [0.05, 0.1) is 11.6 Å². The lowest BCUT2D eigenvalue weighted by Gasteiger charge is -2.18. The fourth-order valence-electron chi connectivity index (χ4n) is 1.99. The maximum atomic E-state index is 12.6. The first-order valence-corrected chi connectivity index (χ1v) is 7.07. The van der Waals surface area contributed by atoms with E-state index < -0.39 is 17.8 Å². The molecule has 0 heterocycles. The minimum absolute atomic E-state index is 0.456. The Hall–Kier alpha value is -1.08. The highest BCUT2D eigenvalue weighted by Gasteiger charge is 2.30. The molecule has 112 valence electrons. The Bertz CT molecular complexity index is 609. The van der Waals surface area contributed by atoms with E-state index in [2.05, 4.69) is 21.4 Å². The summed E-state index contributed by atoms with van der Waals surface area (Å²) in [5.41, 5.74) is 3.24. The summed E-state index contributed by atoms with van der Waals surface area (Å²) < 4.78 is 38.5. The minimum atomic E-state index is -4.36. The van der Waals surface area contributed by atoms with Crippen molar-refractivity contribution in [3.63, 3.8) is 0 Å². The highest BCUT2D eigenvalue weighted by atomic mass is 79.9. The fourth-order valence-corrected chi connectivity index (χ4v) is 2.88. The summed E-state index contributed by atoms with van der Waals surface area (Å²) in [7, 11) is 0. The van der Waals surface area contributed by atoms with Crippen LogP contribution in [-0.2, 0) is 6.18 Å². The molecule has 2 aromatic carbocycles. The van der Waals surface area contributed by atoms with Crippen molar-refractivity contribution in [2.45, 2.75) is 12.2 Å². The molecule has 1 atom stereocenters. The van der Waals surface area contributed by atoms with E-state index in [1.54, 1.807) is 18.2 Å². The predicted octanol–water partition coefficient (Wildman–Crippen LogP) is 4.67. The molecule has 0 aliphatic carbocycles. The number of rotatable bonds is 3. The van der Waals surface area contributed by atoms with Crippen LogP contribution >= 0.6 is 27.5 Å². The largest absolute Gasteiger partial charge is 0.416 e. The van der Waals surface area contributed by atoms with Gasteiger partial charge in [-0.1, -0.05) is 39.7 Å². The monoisotopic (exact) mass is 378 g/mol. The molecule has 2 aromatic rings. The van der Waals surface area contributed by atoms with Crippen LogP contribution in [0.15, 0.2) is 46.9 Å². The third-order valence-electron chi connectivity index (χ3n) is 2.96. The number of hydrogen-bond donors (Lipinski definition) is 2. The second-order valence-corrected chi connectivity index (χ2v) is 5.77. The molecule has 1 unspecified atom stereocenters. The van der Waals surface area contributed by atoms with Crippen molar-refractivity contribution in [2.75, 3.05) is 0 Å². The van der Waals surface area contributed by atoms with E-state index in [1.165, 1.54) is 12.1 Å². The van der Waals surface area contributed by atoms with Gasteiger partial charge in [-0.2, -0.15) is 13.2 Å². The maximum Gasteiger partial charge on any atom is 0.416 e. The van der Waals surface area contributed by atoms with Crippen molar-refractivity contribution in [1.82, 2.24) is 5.43 Å². The average Bonchev–Trinajstić information content (AvgIpc) is 2.38. The number of benzene rings is 2. The van der Waals surface area contributed by atoms with Gasteiger partial charge < -0.3 is 0 Å². The van der Waals surface area contributed by atoms with Gasteiger partial charge in [-0.25, -0.2) is 5.43 Å². The van der Waals surface area contributed by atoms with Crippen LogP contribution in [0.2, 0.25) is 5.02 Å². The van der Waals surface area contributed by atoms with Gasteiger partial charge >= 0.3 is 6.18 Å². The molecule has 0 saturated carbocycles. The van der Waals surface area contributed by atoms with Crippen LogP contribution in [0.4, 0.5) is 13.2 Å². The third-order valence-corrected chi connectivity index (χ3v) is 3.63. The van der Waals surface area contributed by atoms with Crippen LogP contribution in [0.25, 0.3) is 0 Å². The molecule has 0 aliphatic rings. The molecule has 2 rings (SSSR count). The van der Waals surface area contributed by atoms with Crippen molar-refractivity contribution < 1.29 is 13.2 Å². The SMILES string of the molecule is NNC(c1ccc(C(F)(F)F)cc1)c1cc(Cl)cc(Br)c1. The molecule has 21 heavy (non-hydrogen) atoms. The molecular weight excluding hydrogens is 369 g/mol. The van der Waals surface area contributed by atoms with Gasteiger partial charge in [-0.15, -0.1) is 0 Å². The number of hydrazine groups is 1. The zero-order valence-electron chi connectivity index (χ0n) is 10.6. The third kappa shape index (κ3) is 3.97. The average molecular weight is 380 g/mol. The van der Waals surface area contributed by atoms with Crippen LogP contribution in [-0.4, -0.2) is 0 Å². The zero-order chi connectivity index (χ0) is 15.6. The summed E-state index contributed by atoms with van der Waals surface area (Å²) in [5.74, 6) is 5.53. The molecule has 0 aliphatic heterocycles. The first kappa shape index (κ1) is 16.3. The van der Waals surface area contributed by atoms with E-state index in [0.717, 1.165) is 22.2 Å². The summed E-state index contributed by atoms with van der Waals surface area (Å²) in [4.78, 5) is 0. The van der Waals surface area contributed by atoms with Crippen LogP contribution < -0.4 is 11.3 Å². The van der Waals surface area contributed by atoms with E-state index in [4.69, 9.17) is 17.4 Å². The Morgan fingerprint density at radius 2 is 1.67 bits per heavy atom. The van der Waals surface area contributed by atoms with Gasteiger partial charge in [0.25, 0.3) is 0 Å². The van der Waals surface area contributed by atoms with E-state index in [-0.39, 0.29) is 0 Å². The quantitative estimate of drug-likeness (QED) is 0.600. The summed E-state index contributed by atoms with van der Waals surface area (Å²) in [6.45, 7) is 0. The molecule has 0 bridgehead atoms. The van der Waals surface area contributed by atoms with Crippen LogP contribution in [0.5, 0.6) is 0 Å². The Kier molecular flexibility index (Phi) is 4.93. The number of nitrogens with two attached hydrogens (primary N) is 1. The first-order chi connectivity index (χ1) is 9.81. The van der Waals surface area contributed by atoms with E-state index in [0.29, 0.717) is 10.6 Å². The lowest BCUT2D eigenvalue weighted by molar-refractivity contribution is -0.137. The van der Waals surface area contributed by atoms with Gasteiger partial charge in [0, 0.05) is 9.50 Å². The standard InChI is InChI=1S/C14H11BrClF3N2/c15-11-5-9(6-12(16)7-11)13(21-20)8-1-3-10(4-2-8)14(17,18)19/h1-7,13,21H,20H2. The summed E-state index contributed by atoms with van der Waals surface area (Å²) >= 11 is 9.30. The van der Waals surface area contributed by atoms with Crippen LogP contribution in [0.1, 0.15) is 22.7 Å². The predicted molar refractivity (Wildman–Crippen MR) is 79.8 cm³/mol. The Labute approximate surface area is 133 Å². The second kappa shape index (κ2) is 6.36. The van der Waals surface area contributed by atoms with Gasteiger partial charge in [0.2, 0.25) is 0 Å². The van der Waals surface area contributed by atoms with E-state index >= 15 is 0 Å². The second-order valence-electron chi connectivity index (χ2n) is 4.42. The number of hydrogen-bond acceptors (Lipinski definition) is 2. The van der Waals surface area contributed by atoms with Crippen molar-refractivity contribution >= 4 is 27.5 Å². The van der Waals surface area contributed by atoms with Crippen LogP contribution in [0.3, 0.4) is 0 Å². The minimum Gasteiger partial charge on any atom is -0.271 e. The van der Waals surface area contributed by atoms with Crippen molar-refractivity contribution in [1.29, 1.82) is 0 Å². The normalized spacial score (nSPS) is 13.2. The molecule has 0 amide bonds. The lowest BCUT2D eigenvalue weighted by atomic mass is 9.98. The van der Waals surface area contributed by atoms with Crippen molar-refractivity contribution in [3.05, 3.63) is 68.7 Å². The highest BCUT2D eigenvalue weighted by molar-refractivity contribution is 9.10. The molecule has 0 fully saturated rings. The molecule has 7 heteroatoms. The lowest BCUT2D eigenvalue weighted by Crippen LogP contribution is -2.28. The maximum absolute atomic E-state index is 12.6. The summed E-state index contributed by atoms with van der Waals surface area (Å²) in [5, 5.41) is 0.506. The van der Waals surface area contributed by atoms with Crippen molar-refractivity contribution in [3.8, 4) is 0 Å². The molecule has 0 saturated heterocycles. The number of nitrogens with one attached hydrogen (secondary N) is 1. The Balaban J connectivity index is 2.37. The molecule has 0 radical (unpaired) electrons. The fraction of sp³-hybridized carbons (Fsp3) is 0.143. The number of alkyl halides is 3. The highest BCUT2D eigenvalue weighted by Crippen LogP contribution is 2.32. The van der Waals surface area contributed by atoms with Gasteiger partial charge in [-0.3, -0.25) is 5.84 Å². The summed E-state index contributed by atoms with van der Waals surface area (Å²) in [6, 6.07) is 9.60. The van der Waals surface area contributed by atoms with Gasteiger partial charge in [-0.05, 0) is 41.5 Å². The Morgan fingerprint density at radius 1 is 1.05 bits per heavy atom. The van der Waals surface area contributed by atoms with Gasteiger partial charge in [0.1, 0.15) is 0 Å². The van der Waals surface area contributed by atoms with E-state index in [9.17, 15) is 13.2 Å². The number of halogens is 5.